The number of nitrogens with one attached hydrogen (secondary N) is 1. The van der Waals surface area contributed by atoms with Gasteiger partial charge in [0, 0.05) is 5.69 Å². The van der Waals surface area contributed by atoms with Crippen LogP contribution in [0.25, 0.3) is 11.6 Å². The molecule has 1 heterocycles. The van der Waals surface area contributed by atoms with Gasteiger partial charge in [-0.2, -0.15) is 0 Å². The van der Waals surface area contributed by atoms with E-state index in [2.05, 4.69) is 11.1 Å². The van der Waals surface area contributed by atoms with Gasteiger partial charge in [-0.25, -0.2) is 4.79 Å². The third-order valence-corrected chi connectivity index (χ3v) is 3.26. The van der Waals surface area contributed by atoms with Crippen LogP contribution in [0.3, 0.4) is 0 Å². The third-order valence-electron chi connectivity index (χ3n) is 3.26. The fourth-order valence-electron chi connectivity index (χ4n) is 2.39. The van der Waals surface area contributed by atoms with Gasteiger partial charge >= 0.3 is 5.97 Å². The second-order valence-electron chi connectivity index (χ2n) is 4.47. The summed E-state index contributed by atoms with van der Waals surface area (Å²) in [5.41, 5.74) is 4.69. The molecule has 0 radical (unpaired) electrons. The first kappa shape index (κ1) is 10.8. The molecule has 0 saturated heterocycles. The summed E-state index contributed by atoms with van der Waals surface area (Å²) in [6, 6.07) is 11.8. The molecule has 2 aromatic rings. The van der Waals surface area contributed by atoms with Crippen molar-refractivity contribution in [1.82, 2.24) is 4.98 Å². The monoisotopic (exact) mass is 239 g/mol. The molecule has 18 heavy (non-hydrogen) atoms. The summed E-state index contributed by atoms with van der Waals surface area (Å²) in [5.74, 6) is -0.900. The predicted octanol–water partition coefficient (Wildman–Crippen LogP) is 3.20. The van der Waals surface area contributed by atoms with Crippen LogP contribution in [0, 0.1) is 0 Å². The van der Waals surface area contributed by atoms with Gasteiger partial charge in [0.05, 0.1) is 0 Å². The number of allylic oxidation sites excluding steroid dienone is 1. The molecule has 1 aliphatic carbocycles. The average molecular weight is 239 g/mol. The summed E-state index contributed by atoms with van der Waals surface area (Å²) in [7, 11) is 0. The summed E-state index contributed by atoms with van der Waals surface area (Å²) in [6.07, 6.45) is 4.00. The van der Waals surface area contributed by atoms with E-state index in [1.54, 1.807) is 6.07 Å². The number of aromatic carboxylic acids is 1. The van der Waals surface area contributed by atoms with Crippen molar-refractivity contribution >= 4 is 17.6 Å². The third kappa shape index (κ3) is 1.84. The van der Waals surface area contributed by atoms with Gasteiger partial charge in [0.25, 0.3) is 0 Å². The second-order valence-corrected chi connectivity index (χ2v) is 4.47. The molecule has 3 heteroatoms. The first-order valence-electron chi connectivity index (χ1n) is 5.95. The number of hydrogen-bond acceptors (Lipinski definition) is 1. The number of H-pyrrole nitrogens is 1. The first-order chi connectivity index (χ1) is 8.74. The lowest BCUT2D eigenvalue weighted by atomic mass is 10.1. The van der Waals surface area contributed by atoms with Crippen molar-refractivity contribution in [3.63, 3.8) is 0 Å². The van der Waals surface area contributed by atoms with E-state index in [1.807, 2.05) is 30.3 Å². The highest BCUT2D eigenvalue weighted by Gasteiger charge is 2.21. The molecule has 1 aromatic carbocycles. The zero-order valence-electron chi connectivity index (χ0n) is 9.81. The van der Waals surface area contributed by atoms with Crippen LogP contribution in [-0.2, 0) is 6.42 Å². The van der Waals surface area contributed by atoms with Crippen LogP contribution in [0.15, 0.2) is 36.4 Å². The highest BCUT2D eigenvalue weighted by Crippen LogP contribution is 2.33. The van der Waals surface area contributed by atoms with Gasteiger partial charge in [-0.15, -0.1) is 0 Å². The maximum Gasteiger partial charge on any atom is 0.352 e. The summed E-state index contributed by atoms with van der Waals surface area (Å²) in [6.45, 7) is 0. The van der Waals surface area contributed by atoms with Gasteiger partial charge in [0.2, 0.25) is 0 Å². The van der Waals surface area contributed by atoms with Gasteiger partial charge < -0.3 is 10.1 Å². The maximum atomic E-state index is 10.9. The number of carbonyl (C=O) groups is 1. The van der Waals surface area contributed by atoms with Crippen molar-refractivity contribution in [2.75, 3.05) is 0 Å². The Hall–Kier alpha value is -2.29. The number of aromatic nitrogens is 1. The smallest absolute Gasteiger partial charge is 0.352 e. The Morgan fingerprint density at radius 1 is 1.22 bits per heavy atom. The molecule has 0 saturated carbocycles. The van der Waals surface area contributed by atoms with E-state index in [0.717, 1.165) is 29.7 Å². The van der Waals surface area contributed by atoms with Gasteiger partial charge in [0.15, 0.2) is 0 Å². The van der Waals surface area contributed by atoms with Crippen LogP contribution in [-0.4, -0.2) is 16.1 Å². The largest absolute Gasteiger partial charge is 0.477 e. The summed E-state index contributed by atoms with van der Waals surface area (Å²) in [5, 5.41) is 8.97. The molecule has 3 nitrogen and oxygen atoms in total. The van der Waals surface area contributed by atoms with E-state index in [4.69, 9.17) is 5.11 Å². The maximum absolute atomic E-state index is 10.9. The zero-order chi connectivity index (χ0) is 12.5. The number of aromatic amines is 1. The Bertz CT molecular complexity index is 623. The van der Waals surface area contributed by atoms with E-state index in [-0.39, 0.29) is 5.69 Å². The van der Waals surface area contributed by atoms with Gasteiger partial charge in [-0.05, 0) is 41.7 Å². The van der Waals surface area contributed by atoms with Crippen LogP contribution in [0.2, 0.25) is 0 Å². The molecule has 1 aromatic heterocycles. The normalized spacial score (nSPS) is 15.9. The minimum Gasteiger partial charge on any atom is -0.477 e. The predicted molar refractivity (Wildman–Crippen MR) is 70.4 cm³/mol. The van der Waals surface area contributed by atoms with E-state index in [9.17, 15) is 4.79 Å². The topological polar surface area (TPSA) is 53.1 Å². The molecule has 90 valence electrons. The lowest BCUT2D eigenvalue weighted by Gasteiger charge is -1.99. The molecule has 0 fully saturated rings. The average Bonchev–Trinajstić information content (AvgIpc) is 2.93. The number of benzene rings is 1. The zero-order valence-corrected chi connectivity index (χ0v) is 9.81. The summed E-state index contributed by atoms with van der Waals surface area (Å²) < 4.78 is 0. The van der Waals surface area contributed by atoms with Crippen molar-refractivity contribution in [3.05, 3.63) is 58.9 Å². The molecule has 1 aliphatic rings. The van der Waals surface area contributed by atoms with E-state index >= 15 is 0 Å². The Morgan fingerprint density at radius 3 is 2.72 bits per heavy atom. The van der Waals surface area contributed by atoms with Gasteiger partial charge in [0.1, 0.15) is 5.69 Å². The number of aryl methyl sites for hydroxylation is 1. The Kier molecular flexibility index (Phi) is 2.52. The fraction of sp³-hybridized carbons (Fsp3) is 0.133. The van der Waals surface area contributed by atoms with Crippen LogP contribution < -0.4 is 0 Å². The summed E-state index contributed by atoms with van der Waals surface area (Å²) >= 11 is 0. The standard InChI is InChI=1S/C15H13NO2/c17-15(18)13-9-12-7-6-11(14(12)16-13)8-10-4-2-1-3-5-10/h1-5,8-9,16H,6-7H2,(H,17,18). The molecule has 0 aliphatic heterocycles. The SMILES string of the molecule is O=C(O)c1cc2c([nH]1)C(=Cc1ccccc1)CC2. The number of carboxylic acids is 1. The van der Waals surface area contributed by atoms with E-state index < -0.39 is 5.97 Å². The summed E-state index contributed by atoms with van der Waals surface area (Å²) in [4.78, 5) is 13.9. The Balaban J connectivity index is 1.99. The second kappa shape index (κ2) is 4.18. The molecule has 0 bridgehead atoms. The van der Waals surface area contributed by atoms with Gasteiger partial charge in [-0.3, -0.25) is 0 Å². The fourth-order valence-corrected chi connectivity index (χ4v) is 2.39. The van der Waals surface area contributed by atoms with E-state index in [1.165, 1.54) is 5.57 Å². The molecular weight excluding hydrogens is 226 g/mol. The molecule has 2 N–H and O–H groups in total. The molecule has 0 spiro atoms. The molecule has 0 amide bonds. The van der Waals surface area contributed by atoms with Crippen LogP contribution in [0.5, 0.6) is 0 Å². The van der Waals surface area contributed by atoms with Crippen molar-refractivity contribution < 1.29 is 9.90 Å². The van der Waals surface area contributed by atoms with Gasteiger partial charge in [-0.1, -0.05) is 30.3 Å². The molecule has 3 rings (SSSR count). The van der Waals surface area contributed by atoms with Crippen molar-refractivity contribution in [3.8, 4) is 0 Å². The number of hydrogen-bond donors (Lipinski definition) is 2. The Labute approximate surface area is 105 Å². The van der Waals surface area contributed by atoms with Crippen molar-refractivity contribution in [1.29, 1.82) is 0 Å². The highest BCUT2D eigenvalue weighted by molar-refractivity contribution is 5.90. The van der Waals surface area contributed by atoms with Crippen LogP contribution in [0.1, 0.15) is 33.7 Å². The Morgan fingerprint density at radius 2 is 2.00 bits per heavy atom. The molecule has 0 unspecified atom stereocenters. The van der Waals surface area contributed by atoms with E-state index in [0.29, 0.717) is 0 Å². The lowest BCUT2D eigenvalue weighted by molar-refractivity contribution is 0.0691. The minimum absolute atomic E-state index is 0.277. The van der Waals surface area contributed by atoms with Crippen LogP contribution in [0.4, 0.5) is 0 Å². The lowest BCUT2D eigenvalue weighted by Crippen LogP contribution is -1.96. The molecule has 0 atom stereocenters. The van der Waals surface area contributed by atoms with Crippen molar-refractivity contribution in [2.24, 2.45) is 0 Å². The number of rotatable bonds is 2. The highest BCUT2D eigenvalue weighted by atomic mass is 16.4. The van der Waals surface area contributed by atoms with Crippen LogP contribution >= 0.6 is 0 Å². The minimum atomic E-state index is -0.900. The first-order valence-corrected chi connectivity index (χ1v) is 5.95. The number of fused-ring (bicyclic) bond motifs is 1. The van der Waals surface area contributed by atoms with Crippen molar-refractivity contribution in [2.45, 2.75) is 12.8 Å². The molecular formula is C15H13NO2. The number of carboxylic acid groups (broad SMARTS) is 1. The quantitative estimate of drug-likeness (QED) is 0.845.